The van der Waals surface area contributed by atoms with Crippen LogP contribution in [-0.4, -0.2) is 47.6 Å². The van der Waals surface area contributed by atoms with Crippen molar-refractivity contribution in [3.63, 3.8) is 0 Å². The van der Waals surface area contributed by atoms with Crippen molar-refractivity contribution in [3.8, 4) is 12.3 Å². The van der Waals surface area contributed by atoms with Crippen LogP contribution in [0.25, 0.3) is 0 Å². The van der Waals surface area contributed by atoms with Crippen LogP contribution < -0.4 is 5.32 Å². The summed E-state index contributed by atoms with van der Waals surface area (Å²) >= 11 is 2.14. The van der Waals surface area contributed by atoms with Gasteiger partial charge in [0.2, 0.25) is 0 Å². The Morgan fingerprint density at radius 1 is 1.22 bits per heavy atom. The normalized spacial score (nSPS) is 30.4. The first kappa shape index (κ1) is 14.2. The summed E-state index contributed by atoms with van der Waals surface area (Å²) in [4.78, 5) is 2.39. The SMILES string of the molecule is C#CCN1CCC(NC2CCC(SCC)C2)CC1. The third kappa shape index (κ3) is 4.19. The summed E-state index contributed by atoms with van der Waals surface area (Å²) < 4.78 is 0. The van der Waals surface area contributed by atoms with Crippen LogP contribution >= 0.6 is 11.8 Å². The topological polar surface area (TPSA) is 15.3 Å². The molecule has 2 nitrogen and oxygen atoms in total. The van der Waals surface area contributed by atoms with Gasteiger partial charge in [0.25, 0.3) is 0 Å². The Bertz CT molecular complexity index is 279. The average Bonchev–Trinajstić information content (AvgIpc) is 2.80. The molecular formula is C15H26N2S. The number of piperidine rings is 1. The van der Waals surface area contributed by atoms with Crippen LogP contribution in [0.15, 0.2) is 0 Å². The second-order valence-electron chi connectivity index (χ2n) is 5.51. The minimum Gasteiger partial charge on any atom is -0.311 e. The number of rotatable bonds is 5. The van der Waals surface area contributed by atoms with E-state index in [4.69, 9.17) is 6.42 Å². The van der Waals surface area contributed by atoms with Crippen molar-refractivity contribution in [1.29, 1.82) is 0 Å². The molecule has 0 bridgehead atoms. The van der Waals surface area contributed by atoms with Crippen molar-refractivity contribution in [1.82, 2.24) is 10.2 Å². The maximum Gasteiger partial charge on any atom is 0.0598 e. The summed E-state index contributed by atoms with van der Waals surface area (Å²) in [6.07, 6.45) is 12.1. The van der Waals surface area contributed by atoms with E-state index < -0.39 is 0 Å². The third-order valence-electron chi connectivity index (χ3n) is 4.16. The number of likely N-dealkylation sites (tertiary alicyclic amines) is 1. The van der Waals surface area contributed by atoms with E-state index >= 15 is 0 Å². The van der Waals surface area contributed by atoms with E-state index in [1.807, 2.05) is 0 Å². The summed E-state index contributed by atoms with van der Waals surface area (Å²) in [5, 5.41) is 4.79. The van der Waals surface area contributed by atoms with Crippen LogP contribution in [0.3, 0.4) is 0 Å². The second-order valence-corrected chi connectivity index (χ2v) is 7.09. The van der Waals surface area contributed by atoms with Crippen molar-refractivity contribution >= 4 is 11.8 Å². The number of hydrogen-bond donors (Lipinski definition) is 1. The van der Waals surface area contributed by atoms with Gasteiger partial charge in [0, 0.05) is 30.4 Å². The number of nitrogens with one attached hydrogen (secondary N) is 1. The molecule has 0 spiro atoms. The van der Waals surface area contributed by atoms with E-state index in [-0.39, 0.29) is 0 Å². The monoisotopic (exact) mass is 266 g/mol. The van der Waals surface area contributed by atoms with Gasteiger partial charge >= 0.3 is 0 Å². The number of terminal acetylenes is 1. The Hall–Kier alpha value is -0.170. The molecule has 0 aromatic heterocycles. The van der Waals surface area contributed by atoms with Gasteiger partial charge in [-0.3, -0.25) is 4.90 Å². The lowest BCUT2D eigenvalue weighted by Gasteiger charge is -2.32. The highest BCUT2D eigenvalue weighted by Gasteiger charge is 2.27. The summed E-state index contributed by atoms with van der Waals surface area (Å²) in [7, 11) is 0. The Balaban J connectivity index is 1.65. The molecule has 1 aliphatic carbocycles. The van der Waals surface area contributed by atoms with Gasteiger partial charge in [-0.15, -0.1) is 6.42 Å². The number of hydrogen-bond acceptors (Lipinski definition) is 3. The molecule has 2 rings (SSSR count). The molecule has 1 saturated carbocycles. The zero-order valence-electron chi connectivity index (χ0n) is 11.5. The lowest BCUT2D eigenvalue weighted by molar-refractivity contribution is 0.209. The van der Waals surface area contributed by atoms with Gasteiger partial charge in [-0.25, -0.2) is 0 Å². The highest BCUT2D eigenvalue weighted by Crippen LogP contribution is 2.30. The van der Waals surface area contributed by atoms with Crippen molar-refractivity contribution in [2.45, 2.75) is 56.4 Å². The van der Waals surface area contributed by atoms with E-state index in [0.29, 0.717) is 0 Å². The van der Waals surface area contributed by atoms with Gasteiger partial charge in [0.05, 0.1) is 6.54 Å². The van der Waals surface area contributed by atoms with Crippen LogP contribution in [0, 0.1) is 12.3 Å². The fraction of sp³-hybridized carbons (Fsp3) is 0.867. The minimum absolute atomic E-state index is 0.731. The largest absolute Gasteiger partial charge is 0.311 e. The van der Waals surface area contributed by atoms with Crippen LogP contribution in [-0.2, 0) is 0 Å². The van der Waals surface area contributed by atoms with Crippen LogP contribution in [0.2, 0.25) is 0 Å². The molecule has 102 valence electrons. The van der Waals surface area contributed by atoms with Gasteiger partial charge in [-0.05, 0) is 37.9 Å². The van der Waals surface area contributed by atoms with Gasteiger partial charge in [0.1, 0.15) is 0 Å². The molecular weight excluding hydrogens is 240 g/mol. The highest BCUT2D eigenvalue weighted by molar-refractivity contribution is 7.99. The third-order valence-corrected chi connectivity index (χ3v) is 5.39. The molecule has 2 atom stereocenters. The molecule has 0 aromatic rings. The summed E-state index contributed by atoms with van der Waals surface area (Å²) in [6.45, 7) is 5.43. The van der Waals surface area contributed by atoms with Gasteiger partial charge < -0.3 is 5.32 Å². The number of nitrogens with zero attached hydrogens (tertiary/aromatic N) is 1. The first-order valence-electron chi connectivity index (χ1n) is 7.35. The predicted octanol–water partition coefficient (Wildman–Crippen LogP) is 2.35. The predicted molar refractivity (Wildman–Crippen MR) is 81.0 cm³/mol. The Labute approximate surface area is 116 Å². The fourth-order valence-corrected chi connectivity index (χ4v) is 4.34. The smallest absolute Gasteiger partial charge is 0.0598 e. The highest BCUT2D eigenvalue weighted by atomic mass is 32.2. The van der Waals surface area contributed by atoms with Gasteiger partial charge in [-0.1, -0.05) is 12.8 Å². The van der Waals surface area contributed by atoms with E-state index in [1.165, 1.54) is 50.9 Å². The lowest BCUT2D eigenvalue weighted by atomic mass is 10.0. The standard InChI is InChI=1S/C15H26N2S/c1-3-9-17-10-7-13(8-11-17)16-14-5-6-15(12-14)18-4-2/h1,13-16H,4-12H2,2H3. The zero-order chi connectivity index (χ0) is 12.8. The summed E-state index contributed by atoms with van der Waals surface area (Å²) in [6, 6.07) is 1.51. The van der Waals surface area contributed by atoms with Crippen molar-refractivity contribution in [2.24, 2.45) is 0 Å². The molecule has 1 aliphatic heterocycles. The molecule has 18 heavy (non-hydrogen) atoms. The molecule has 1 heterocycles. The molecule has 2 fully saturated rings. The van der Waals surface area contributed by atoms with E-state index in [9.17, 15) is 0 Å². The molecule has 3 heteroatoms. The fourth-order valence-electron chi connectivity index (χ4n) is 3.20. The average molecular weight is 266 g/mol. The molecule has 0 aromatic carbocycles. The first-order chi connectivity index (χ1) is 8.81. The second kappa shape index (κ2) is 7.43. The van der Waals surface area contributed by atoms with Crippen molar-refractivity contribution in [3.05, 3.63) is 0 Å². The Kier molecular flexibility index (Phi) is 5.88. The summed E-state index contributed by atoms with van der Waals surface area (Å²) in [5.41, 5.74) is 0. The van der Waals surface area contributed by atoms with Crippen LogP contribution in [0.1, 0.15) is 39.0 Å². The molecule has 0 radical (unpaired) electrons. The summed E-state index contributed by atoms with van der Waals surface area (Å²) in [5.74, 6) is 4.01. The first-order valence-corrected chi connectivity index (χ1v) is 8.40. The Morgan fingerprint density at radius 3 is 2.67 bits per heavy atom. The van der Waals surface area contributed by atoms with Crippen molar-refractivity contribution in [2.75, 3.05) is 25.4 Å². The van der Waals surface area contributed by atoms with E-state index in [2.05, 4.69) is 34.8 Å². The van der Waals surface area contributed by atoms with E-state index in [1.54, 1.807) is 0 Å². The quantitative estimate of drug-likeness (QED) is 0.769. The lowest BCUT2D eigenvalue weighted by Crippen LogP contribution is -2.45. The van der Waals surface area contributed by atoms with Gasteiger partial charge in [-0.2, -0.15) is 11.8 Å². The maximum atomic E-state index is 5.36. The zero-order valence-corrected chi connectivity index (χ0v) is 12.3. The molecule has 2 unspecified atom stereocenters. The number of thioether (sulfide) groups is 1. The Morgan fingerprint density at radius 2 is 2.00 bits per heavy atom. The van der Waals surface area contributed by atoms with E-state index in [0.717, 1.165) is 23.9 Å². The van der Waals surface area contributed by atoms with Crippen LogP contribution in [0.5, 0.6) is 0 Å². The molecule has 1 saturated heterocycles. The maximum absolute atomic E-state index is 5.36. The van der Waals surface area contributed by atoms with Gasteiger partial charge in [0.15, 0.2) is 0 Å². The molecule has 1 N–H and O–H groups in total. The molecule has 2 aliphatic rings. The molecule has 0 amide bonds. The minimum atomic E-state index is 0.731. The van der Waals surface area contributed by atoms with Crippen LogP contribution in [0.4, 0.5) is 0 Å². The van der Waals surface area contributed by atoms with Crippen molar-refractivity contribution < 1.29 is 0 Å².